The highest BCUT2D eigenvalue weighted by Crippen LogP contribution is 2.33. The second kappa shape index (κ2) is 6.96. The fraction of sp³-hybridized carbons (Fsp3) is 0.125. The Bertz CT molecular complexity index is 663. The third-order valence-corrected chi connectivity index (χ3v) is 2.88. The van der Waals surface area contributed by atoms with E-state index in [1.165, 1.54) is 13.2 Å². The van der Waals surface area contributed by atoms with Crippen LogP contribution >= 0.6 is 0 Å². The zero-order valence-corrected chi connectivity index (χ0v) is 11.5. The van der Waals surface area contributed by atoms with Crippen molar-refractivity contribution in [1.29, 1.82) is 5.26 Å². The number of methoxy groups -OCH3 is 1. The van der Waals surface area contributed by atoms with Gasteiger partial charge in [-0.15, -0.1) is 0 Å². The molecule has 0 heterocycles. The average Bonchev–Trinajstić information content (AvgIpc) is 2.54. The number of benzene rings is 2. The first-order valence-corrected chi connectivity index (χ1v) is 6.27. The minimum Gasteiger partial charge on any atom is -0.493 e. The molecule has 2 aromatic rings. The number of hydrogen-bond acceptors (Lipinski definition) is 4. The molecule has 0 saturated carbocycles. The zero-order chi connectivity index (χ0) is 15.1. The topological polar surface area (TPSA) is 71.3 Å². The molecule has 106 valence electrons. The first-order chi connectivity index (χ1) is 10.3. The van der Waals surface area contributed by atoms with Gasteiger partial charge in [0.1, 0.15) is 12.7 Å². The number of nitrogens with one attached hydrogen (secondary N) is 1. The molecule has 5 heteroatoms. The smallest absolute Gasteiger partial charge is 0.211 e. The number of amides is 1. The Kier molecular flexibility index (Phi) is 4.78. The van der Waals surface area contributed by atoms with Crippen LogP contribution in [0.2, 0.25) is 0 Å². The van der Waals surface area contributed by atoms with Gasteiger partial charge in [0, 0.05) is 12.1 Å². The van der Waals surface area contributed by atoms with Crippen molar-refractivity contribution in [1.82, 2.24) is 0 Å². The monoisotopic (exact) mass is 282 g/mol. The van der Waals surface area contributed by atoms with Crippen LogP contribution in [-0.2, 0) is 11.4 Å². The number of carbonyl (C=O) groups is 1. The van der Waals surface area contributed by atoms with Gasteiger partial charge in [-0.1, -0.05) is 30.3 Å². The number of nitrogens with zero attached hydrogens (tertiary/aromatic N) is 1. The molecule has 0 aliphatic carbocycles. The van der Waals surface area contributed by atoms with Crippen LogP contribution in [-0.4, -0.2) is 13.5 Å². The van der Waals surface area contributed by atoms with Crippen LogP contribution < -0.4 is 14.8 Å². The van der Waals surface area contributed by atoms with Crippen molar-refractivity contribution >= 4 is 12.1 Å². The average molecular weight is 282 g/mol. The Hall–Kier alpha value is -3.00. The van der Waals surface area contributed by atoms with Crippen LogP contribution in [0.25, 0.3) is 0 Å². The third-order valence-electron chi connectivity index (χ3n) is 2.88. The van der Waals surface area contributed by atoms with Gasteiger partial charge in [-0.2, -0.15) is 5.26 Å². The summed E-state index contributed by atoms with van der Waals surface area (Å²) < 4.78 is 10.9. The maximum Gasteiger partial charge on any atom is 0.211 e. The fourth-order valence-corrected chi connectivity index (χ4v) is 1.84. The van der Waals surface area contributed by atoms with Crippen molar-refractivity contribution in [2.45, 2.75) is 6.61 Å². The quantitative estimate of drug-likeness (QED) is 0.827. The maximum absolute atomic E-state index is 10.6. The summed E-state index contributed by atoms with van der Waals surface area (Å²) in [6, 6.07) is 14.8. The van der Waals surface area contributed by atoms with Gasteiger partial charge in [0.2, 0.25) is 6.41 Å². The van der Waals surface area contributed by atoms with E-state index in [0.717, 1.165) is 5.56 Å². The SMILES string of the molecule is COc1cc(C#N)c(NC=O)cc1OCc1ccccc1. The minimum atomic E-state index is 0.311. The van der Waals surface area contributed by atoms with Crippen LogP contribution in [0.4, 0.5) is 5.69 Å². The van der Waals surface area contributed by atoms with E-state index < -0.39 is 0 Å². The van der Waals surface area contributed by atoms with E-state index in [0.29, 0.717) is 35.8 Å². The number of anilines is 1. The van der Waals surface area contributed by atoms with Crippen LogP contribution in [0, 0.1) is 11.3 Å². The molecule has 0 saturated heterocycles. The molecule has 0 spiro atoms. The normalized spacial score (nSPS) is 9.52. The zero-order valence-electron chi connectivity index (χ0n) is 11.5. The lowest BCUT2D eigenvalue weighted by atomic mass is 10.1. The van der Waals surface area contributed by atoms with E-state index >= 15 is 0 Å². The molecule has 0 atom stereocenters. The summed E-state index contributed by atoms with van der Waals surface area (Å²) in [5.74, 6) is 0.906. The van der Waals surface area contributed by atoms with Gasteiger partial charge in [-0.05, 0) is 5.56 Å². The molecule has 0 bridgehead atoms. The summed E-state index contributed by atoms with van der Waals surface area (Å²) in [4.78, 5) is 10.6. The molecule has 0 aromatic heterocycles. The molecule has 1 N–H and O–H groups in total. The Balaban J connectivity index is 2.27. The molecular formula is C16H14N2O3. The van der Waals surface area contributed by atoms with Crippen molar-refractivity contribution in [3.8, 4) is 17.6 Å². The van der Waals surface area contributed by atoms with E-state index in [9.17, 15) is 4.79 Å². The van der Waals surface area contributed by atoms with Crippen LogP contribution in [0.5, 0.6) is 11.5 Å². The summed E-state index contributed by atoms with van der Waals surface area (Å²) in [6.45, 7) is 0.365. The van der Waals surface area contributed by atoms with E-state index in [1.54, 1.807) is 6.07 Å². The third kappa shape index (κ3) is 3.51. The molecule has 0 aliphatic rings. The standard InChI is InChI=1S/C16H14N2O3/c1-20-15-7-13(9-17)14(18-11-19)8-16(15)21-10-12-5-3-2-4-6-12/h2-8,11H,10H2,1H3,(H,18,19). The summed E-state index contributed by atoms with van der Waals surface area (Å²) in [6.07, 6.45) is 0.517. The number of rotatable bonds is 6. The van der Waals surface area contributed by atoms with Crippen LogP contribution in [0.1, 0.15) is 11.1 Å². The lowest BCUT2D eigenvalue weighted by Gasteiger charge is -2.13. The van der Waals surface area contributed by atoms with E-state index in [4.69, 9.17) is 14.7 Å². The highest BCUT2D eigenvalue weighted by molar-refractivity contribution is 5.77. The number of hydrogen-bond donors (Lipinski definition) is 1. The van der Waals surface area contributed by atoms with Gasteiger partial charge in [0.15, 0.2) is 11.5 Å². The van der Waals surface area contributed by atoms with Crippen molar-refractivity contribution in [3.63, 3.8) is 0 Å². The lowest BCUT2D eigenvalue weighted by Crippen LogP contribution is -2.02. The Labute approximate surface area is 122 Å². The van der Waals surface area contributed by atoms with Crippen molar-refractivity contribution in [3.05, 3.63) is 53.6 Å². The molecule has 1 amide bonds. The van der Waals surface area contributed by atoms with Gasteiger partial charge >= 0.3 is 0 Å². The molecule has 2 rings (SSSR count). The highest BCUT2D eigenvalue weighted by atomic mass is 16.5. The van der Waals surface area contributed by atoms with Gasteiger partial charge < -0.3 is 14.8 Å². The summed E-state index contributed by atoms with van der Waals surface area (Å²) in [5, 5.41) is 11.5. The molecule has 21 heavy (non-hydrogen) atoms. The summed E-state index contributed by atoms with van der Waals surface area (Å²) in [5.41, 5.74) is 1.70. The molecule has 0 fully saturated rings. The van der Waals surface area contributed by atoms with E-state index in [1.807, 2.05) is 36.4 Å². The van der Waals surface area contributed by atoms with Gasteiger partial charge in [0.25, 0.3) is 0 Å². The summed E-state index contributed by atoms with van der Waals surface area (Å²) in [7, 11) is 1.50. The largest absolute Gasteiger partial charge is 0.493 e. The van der Waals surface area contributed by atoms with Gasteiger partial charge in [0.05, 0.1) is 18.4 Å². The van der Waals surface area contributed by atoms with Crippen molar-refractivity contribution < 1.29 is 14.3 Å². The molecule has 2 aromatic carbocycles. The first-order valence-electron chi connectivity index (χ1n) is 6.27. The molecule has 0 aliphatic heterocycles. The minimum absolute atomic E-state index is 0.311. The molecule has 0 unspecified atom stereocenters. The second-order valence-electron chi connectivity index (χ2n) is 4.20. The summed E-state index contributed by atoms with van der Waals surface area (Å²) >= 11 is 0. The van der Waals surface area contributed by atoms with Crippen molar-refractivity contribution in [2.24, 2.45) is 0 Å². The number of nitriles is 1. The molecule has 0 radical (unpaired) electrons. The fourth-order valence-electron chi connectivity index (χ4n) is 1.84. The Morgan fingerprint density at radius 2 is 2.00 bits per heavy atom. The lowest BCUT2D eigenvalue weighted by molar-refractivity contribution is -0.105. The Morgan fingerprint density at radius 1 is 1.24 bits per heavy atom. The van der Waals surface area contributed by atoms with Crippen molar-refractivity contribution in [2.75, 3.05) is 12.4 Å². The number of carbonyl (C=O) groups excluding carboxylic acids is 1. The van der Waals surface area contributed by atoms with Crippen LogP contribution in [0.3, 0.4) is 0 Å². The predicted molar refractivity (Wildman–Crippen MR) is 78.2 cm³/mol. The highest BCUT2D eigenvalue weighted by Gasteiger charge is 2.11. The van der Waals surface area contributed by atoms with E-state index in [-0.39, 0.29) is 0 Å². The Morgan fingerprint density at radius 3 is 2.62 bits per heavy atom. The predicted octanol–water partition coefficient (Wildman–Crippen LogP) is 2.71. The molecular weight excluding hydrogens is 268 g/mol. The van der Waals surface area contributed by atoms with Gasteiger partial charge in [-0.25, -0.2) is 0 Å². The molecule has 5 nitrogen and oxygen atoms in total. The van der Waals surface area contributed by atoms with Gasteiger partial charge in [-0.3, -0.25) is 4.79 Å². The number of ether oxygens (including phenoxy) is 2. The van der Waals surface area contributed by atoms with E-state index in [2.05, 4.69) is 5.32 Å². The maximum atomic E-state index is 10.6. The first kappa shape index (κ1) is 14.4. The second-order valence-corrected chi connectivity index (χ2v) is 4.20. The van der Waals surface area contributed by atoms with Crippen LogP contribution in [0.15, 0.2) is 42.5 Å².